The predicted molar refractivity (Wildman–Crippen MR) is 94.8 cm³/mol. The van der Waals surface area contributed by atoms with Crippen molar-refractivity contribution in [1.82, 2.24) is 0 Å². The summed E-state index contributed by atoms with van der Waals surface area (Å²) in [4.78, 5) is 13.9. The number of fused-ring (bicyclic) bond motifs is 2. The molecule has 0 aromatic heterocycles. The first-order chi connectivity index (χ1) is 11.2. The van der Waals surface area contributed by atoms with Crippen LogP contribution in [0.4, 0.5) is 0 Å². The quantitative estimate of drug-likeness (QED) is 0.700. The number of rotatable bonds is 2. The van der Waals surface area contributed by atoms with Crippen molar-refractivity contribution >= 4 is 33.2 Å². The van der Waals surface area contributed by atoms with E-state index in [1.807, 2.05) is 60.7 Å². The van der Waals surface area contributed by atoms with Crippen molar-refractivity contribution in [2.45, 2.75) is 11.3 Å². The third kappa shape index (κ3) is 2.43. The zero-order valence-electron chi connectivity index (χ0n) is 12.3. The lowest BCUT2D eigenvalue weighted by atomic mass is 9.96. The SMILES string of the molecule is O=C1CC=C(Sc2c(O)ccc3ccccc23)c2ccccc21. The van der Waals surface area contributed by atoms with Gasteiger partial charge in [-0.1, -0.05) is 72.4 Å². The molecule has 0 aliphatic heterocycles. The molecule has 1 N–H and O–H groups in total. The first-order valence-corrected chi connectivity index (χ1v) is 8.27. The fourth-order valence-electron chi connectivity index (χ4n) is 2.89. The Labute approximate surface area is 138 Å². The van der Waals surface area contributed by atoms with Crippen LogP contribution in [0.5, 0.6) is 5.75 Å². The fraction of sp³-hybridized carbons (Fsp3) is 0.0500. The zero-order chi connectivity index (χ0) is 15.8. The molecule has 0 saturated heterocycles. The van der Waals surface area contributed by atoms with Crippen LogP contribution in [0, 0.1) is 0 Å². The number of ketones is 1. The molecule has 0 bridgehead atoms. The maximum absolute atomic E-state index is 12.1. The maximum Gasteiger partial charge on any atom is 0.167 e. The van der Waals surface area contributed by atoms with Crippen molar-refractivity contribution < 1.29 is 9.90 Å². The van der Waals surface area contributed by atoms with E-state index in [-0.39, 0.29) is 11.5 Å². The van der Waals surface area contributed by atoms with Gasteiger partial charge in [-0.25, -0.2) is 0 Å². The third-order valence-electron chi connectivity index (χ3n) is 4.04. The topological polar surface area (TPSA) is 37.3 Å². The van der Waals surface area contributed by atoms with Crippen molar-refractivity contribution in [3.63, 3.8) is 0 Å². The number of aromatic hydroxyl groups is 1. The van der Waals surface area contributed by atoms with E-state index in [0.717, 1.165) is 31.7 Å². The minimum absolute atomic E-state index is 0.145. The molecule has 1 aliphatic carbocycles. The van der Waals surface area contributed by atoms with Crippen LogP contribution < -0.4 is 0 Å². The monoisotopic (exact) mass is 318 g/mol. The first kappa shape index (κ1) is 14.1. The summed E-state index contributed by atoms with van der Waals surface area (Å²) in [6.45, 7) is 0. The molecule has 3 aromatic carbocycles. The number of carbonyl (C=O) groups is 1. The van der Waals surface area contributed by atoms with Gasteiger partial charge in [-0.3, -0.25) is 4.79 Å². The average Bonchev–Trinajstić information content (AvgIpc) is 2.60. The fourth-order valence-corrected chi connectivity index (χ4v) is 4.03. The van der Waals surface area contributed by atoms with Gasteiger partial charge in [-0.15, -0.1) is 0 Å². The molecule has 23 heavy (non-hydrogen) atoms. The molecule has 1 aliphatic rings. The summed E-state index contributed by atoms with van der Waals surface area (Å²) in [6, 6.07) is 19.3. The minimum atomic E-state index is 0.145. The molecule has 3 aromatic rings. The van der Waals surface area contributed by atoms with Crippen molar-refractivity contribution in [2.75, 3.05) is 0 Å². The summed E-state index contributed by atoms with van der Waals surface area (Å²) in [5, 5.41) is 12.4. The van der Waals surface area contributed by atoms with Crippen LogP contribution in [0.1, 0.15) is 22.3 Å². The van der Waals surface area contributed by atoms with E-state index < -0.39 is 0 Å². The van der Waals surface area contributed by atoms with Crippen molar-refractivity contribution in [3.05, 3.63) is 77.9 Å². The highest BCUT2D eigenvalue weighted by atomic mass is 32.2. The van der Waals surface area contributed by atoms with Crippen molar-refractivity contribution in [3.8, 4) is 5.75 Å². The summed E-state index contributed by atoms with van der Waals surface area (Å²) < 4.78 is 0. The largest absolute Gasteiger partial charge is 0.507 e. The number of allylic oxidation sites excluding steroid dienone is 1. The molecular formula is C20H14O2S. The first-order valence-electron chi connectivity index (χ1n) is 7.45. The van der Waals surface area contributed by atoms with Gasteiger partial charge in [0.1, 0.15) is 5.75 Å². The Morgan fingerprint density at radius 2 is 1.61 bits per heavy atom. The summed E-state index contributed by atoms with van der Waals surface area (Å²) in [5.41, 5.74) is 1.71. The second-order valence-electron chi connectivity index (χ2n) is 5.48. The highest BCUT2D eigenvalue weighted by Crippen LogP contribution is 2.45. The van der Waals surface area contributed by atoms with E-state index in [1.54, 1.807) is 6.07 Å². The second kappa shape index (κ2) is 5.60. The van der Waals surface area contributed by atoms with Gasteiger partial charge < -0.3 is 5.11 Å². The lowest BCUT2D eigenvalue weighted by Gasteiger charge is -2.17. The van der Waals surface area contributed by atoms with Gasteiger partial charge >= 0.3 is 0 Å². The highest BCUT2D eigenvalue weighted by Gasteiger charge is 2.20. The van der Waals surface area contributed by atoms with Gasteiger partial charge in [0.25, 0.3) is 0 Å². The van der Waals surface area contributed by atoms with Gasteiger partial charge in [-0.05, 0) is 22.4 Å². The van der Waals surface area contributed by atoms with E-state index >= 15 is 0 Å². The molecule has 0 saturated carbocycles. The minimum Gasteiger partial charge on any atom is -0.507 e. The van der Waals surface area contributed by atoms with Crippen molar-refractivity contribution in [1.29, 1.82) is 0 Å². The van der Waals surface area contributed by atoms with Crippen LogP contribution in [-0.4, -0.2) is 10.9 Å². The molecule has 0 heterocycles. The van der Waals surface area contributed by atoms with Crippen LogP contribution in [0.15, 0.2) is 71.6 Å². The van der Waals surface area contributed by atoms with Crippen LogP contribution in [0.3, 0.4) is 0 Å². The van der Waals surface area contributed by atoms with E-state index in [0.29, 0.717) is 6.42 Å². The van der Waals surface area contributed by atoms with Gasteiger partial charge in [0, 0.05) is 16.9 Å². The molecule has 0 unspecified atom stereocenters. The van der Waals surface area contributed by atoms with E-state index in [2.05, 4.69) is 0 Å². The van der Waals surface area contributed by atoms with E-state index in [4.69, 9.17) is 0 Å². The Hall–Kier alpha value is -2.52. The predicted octanol–water partition coefficient (Wildman–Crippen LogP) is 5.27. The molecule has 0 spiro atoms. The number of carbonyl (C=O) groups excluding carboxylic acids is 1. The molecule has 3 heteroatoms. The number of benzene rings is 3. The van der Waals surface area contributed by atoms with Crippen LogP contribution in [-0.2, 0) is 0 Å². The molecule has 112 valence electrons. The Morgan fingerprint density at radius 1 is 0.870 bits per heavy atom. The Morgan fingerprint density at radius 3 is 2.48 bits per heavy atom. The molecule has 4 rings (SSSR count). The van der Waals surface area contributed by atoms with Gasteiger partial charge in [-0.2, -0.15) is 0 Å². The summed E-state index contributed by atoms with van der Waals surface area (Å²) in [6.07, 6.45) is 2.36. The number of thioether (sulfide) groups is 1. The molecule has 0 amide bonds. The molecular weight excluding hydrogens is 304 g/mol. The standard InChI is InChI=1S/C20H14O2S/c21-17-11-12-19(16-8-4-3-7-15(16)17)23-20-14-6-2-1-5-13(14)9-10-18(20)22/h1-10,12,22H,11H2. The van der Waals surface area contributed by atoms with Crippen LogP contribution in [0.25, 0.3) is 15.7 Å². The van der Waals surface area contributed by atoms with Gasteiger partial charge in [0.2, 0.25) is 0 Å². The summed E-state index contributed by atoms with van der Waals surface area (Å²) in [5.74, 6) is 0.413. The second-order valence-corrected chi connectivity index (χ2v) is 6.53. The number of hydrogen-bond donors (Lipinski definition) is 1. The number of phenolic OH excluding ortho intramolecular Hbond substituents is 1. The normalized spacial score (nSPS) is 13.7. The van der Waals surface area contributed by atoms with Crippen LogP contribution in [0.2, 0.25) is 0 Å². The molecule has 2 nitrogen and oxygen atoms in total. The third-order valence-corrected chi connectivity index (χ3v) is 5.28. The van der Waals surface area contributed by atoms with E-state index in [9.17, 15) is 9.90 Å². The smallest absolute Gasteiger partial charge is 0.167 e. The Kier molecular flexibility index (Phi) is 3.43. The maximum atomic E-state index is 12.1. The Balaban J connectivity index is 1.83. The van der Waals surface area contributed by atoms with Crippen LogP contribution >= 0.6 is 11.8 Å². The van der Waals surface area contributed by atoms with Gasteiger partial charge in [0.05, 0.1) is 4.90 Å². The van der Waals surface area contributed by atoms with Crippen molar-refractivity contribution in [2.24, 2.45) is 0 Å². The lowest BCUT2D eigenvalue weighted by molar-refractivity contribution is 0.0994. The van der Waals surface area contributed by atoms with E-state index in [1.165, 1.54) is 11.8 Å². The molecule has 0 fully saturated rings. The summed E-state index contributed by atoms with van der Waals surface area (Å²) >= 11 is 1.52. The lowest BCUT2D eigenvalue weighted by Crippen LogP contribution is -2.06. The van der Waals surface area contributed by atoms with Gasteiger partial charge in [0.15, 0.2) is 5.78 Å². The highest BCUT2D eigenvalue weighted by molar-refractivity contribution is 8.08. The summed E-state index contributed by atoms with van der Waals surface area (Å²) in [7, 11) is 0. The Bertz CT molecular complexity index is 957. The average molecular weight is 318 g/mol. The number of Topliss-reactive ketones (excluding diaryl/α,β-unsaturated/α-hetero) is 1. The number of hydrogen-bond acceptors (Lipinski definition) is 3. The molecule has 0 radical (unpaired) electrons. The molecule has 0 atom stereocenters. The zero-order valence-corrected chi connectivity index (χ0v) is 13.1. The number of phenols is 1.